The normalized spacial score (nSPS) is 10.0. The van der Waals surface area contributed by atoms with Crippen LogP contribution in [0.3, 0.4) is 0 Å². The molecule has 2 rings (SSSR count). The van der Waals surface area contributed by atoms with Crippen LogP contribution in [0.2, 0.25) is 0 Å². The number of phenols is 1. The summed E-state index contributed by atoms with van der Waals surface area (Å²) in [5.74, 6) is -1.65. The number of halogens is 2. The van der Waals surface area contributed by atoms with Gasteiger partial charge in [0, 0.05) is 0 Å². The largest absolute Gasteiger partial charge is 0.507 e. The summed E-state index contributed by atoms with van der Waals surface area (Å²) in [6, 6.07) is 9.66. The van der Waals surface area contributed by atoms with Crippen molar-refractivity contribution in [2.45, 2.75) is 0 Å². The maximum atomic E-state index is 12.9. The molecule has 23 heavy (non-hydrogen) atoms. The number of phenolic OH excluding ortho intramolecular Hbond substituents is 1. The number of hydrazine groups is 1. The van der Waals surface area contributed by atoms with Gasteiger partial charge in [0.1, 0.15) is 17.3 Å². The van der Waals surface area contributed by atoms with Crippen molar-refractivity contribution in [3.05, 3.63) is 58.3 Å². The van der Waals surface area contributed by atoms with Crippen molar-refractivity contribution in [2.24, 2.45) is 0 Å². The minimum Gasteiger partial charge on any atom is -0.507 e. The van der Waals surface area contributed by atoms with E-state index in [0.717, 1.165) is 0 Å². The molecule has 0 aliphatic carbocycles. The average molecular weight is 383 g/mol. The van der Waals surface area contributed by atoms with E-state index in [0.29, 0.717) is 4.47 Å². The van der Waals surface area contributed by atoms with Crippen LogP contribution in [-0.2, 0) is 4.79 Å². The fraction of sp³-hybridized carbons (Fsp3) is 0.0667. The molecule has 0 spiro atoms. The molecule has 0 fully saturated rings. The van der Waals surface area contributed by atoms with Crippen LogP contribution in [0.15, 0.2) is 46.9 Å². The molecule has 0 aliphatic heterocycles. The number of hydrogen-bond acceptors (Lipinski definition) is 4. The highest BCUT2D eigenvalue weighted by Crippen LogP contribution is 2.25. The fourth-order valence-corrected chi connectivity index (χ4v) is 2.10. The first-order valence-corrected chi connectivity index (χ1v) is 7.21. The minimum absolute atomic E-state index is 0.0231. The quantitative estimate of drug-likeness (QED) is 0.706. The van der Waals surface area contributed by atoms with Gasteiger partial charge in [-0.15, -0.1) is 0 Å². The monoisotopic (exact) mass is 382 g/mol. The maximum absolute atomic E-state index is 12.9. The molecule has 8 heteroatoms. The van der Waals surface area contributed by atoms with E-state index in [1.807, 2.05) is 0 Å². The molecule has 0 saturated carbocycles. The summed E-state index contributed by atoms with van der Waals surface area (Å²) in [5.41, 5.74) is 4.32. The number of hydrogen-bond donors (Lipinski definition) is 3. The molecule has 0 radical (unpaired) electrons. The molecule has 6 nitrogen and oxygen atoms in total. The number of carbonyl (C=O) groups is 2. The van der Waals surface area contributed by atoms with Crippen molar-refractivity contribution in [1.82, 2.24) is 10.9 Å². The molecule has 0 unspecified atom stereocenters. The van der Waals surface area contributed by atoms with Gasteiger partial charge in [-0.05, 0) is 46.3 Å². The number of benzene rings is 2. The number of aromatic hydroxyl groups is 1. The first-order valence-electron chi connectivity index (χ1n) is 6.42. The number of carbonyl (C=O) groups excluding carboxylic acids is 2. The molecule has 0 heterocycles. The molecule has 3 N–H and O–H groups in total. The number of nitrogens with one attached hydrogen (secondary N) is 2. The van der Waals surface area contributed by atoms with Gasteiger partial charge in [0.2, 0.25) is 0 Å². The van der Waals surface area contributed by atoms with Crippen LogP contribution in [0.1, 0.15) is 10.4 Å². The zero-order valence-corrected chi connectivity index (χ0v) is 13.3. The lowest BCUT2D eigenvalue weighted by Crippen LogP contribution is -2.43. The van der Waals surface area contributed by atoms with Crippen LogP contribution in [0.5, 0.6) is 11.5 Å². The lowest BCUT2D eigenvalue weighted by atomic mass is 10.2. The van der Waals surface area contributed by atoms with Crippen LogP contribution in [0, 0.1) is 5.82 Å². The third kappa shape index (κ3) is 4.68. The van der Waals surface area contributed by atoms with Gasteiger partial charge in [0.15, 0.2) is 6.61 Å². The van der Waals surface area contributed by atoms with Gasteiger partial charge in [0.05, 0.1) is 10.0 Å². The van der Waals surface area contributed by atoms with Crippen LogP contribution in [0.25, 0.3) is 0 Å². The van der Waals surface area contributed by atoms with Crippen molar-refractivity contribution in [3.8, 4) is 11.5 Å². The highest BCUT2D eigenvalue weighted by atomic mass is 79.9. The summed E-state index contributed by atoms with van der Waals surface area (Å²) in [4.78, 5) is 23.4. The Hall–Kier alpha value is -2.61. The van der Waals surface area contributed by atoms with E-state index in [4.69, 9.17) is 4.74 Å². The molecule has 0 bridgehead atoms. The zero-order chi connectivity index (χ0) is 16.8. The number of para-hydroxylation sites is 1. The average Bonchev–Trinajstić information content (AvgIpc) is 2.52. The molecule has 0 atom stereocenters. The standard InChI is InChI=1S/C15H12BrFN2O4/c16-11-7-9(17)5-6-13(11)23-8-14(21)18-19-15(22)10-3-1-2-4-12(10)20/h1-7,20H,8H2,(H,18,21)(H,19,22). The Labute approximate surface area is 139 Å². The summed E-state index contributed by atoms with van der Waals surface area (Å²) < 4.78 is 18.5. The van der Waals surface area contributed by atoms with Gasteiger partial charge in [-0.25, -0.2) is 4.39 Å². The predicted molar refractivity (Wildman–Crippen MR) is 83.3 cm³/mol. The van der Waals surface area contributed by atoms with Crippen LogP contribution in [-0.4, -0.2) is 23.5 Å². The lowest BCUT2D eigenvalue weighted by molar-refractivity contribution is -0.123. The van der Waals surface area contributed by atoms with Gasteiger partial charge in [-0.3, -0.25) is 20.4 Å². The predicted octanol–water partition coefficient (Wildman–Crippen LogP) is 2.13. The van der Waals surface area contributed by atoms with Gasteiger partial charge < -0.3 is 9.84 Å². The molecule has 0 aromatic heterocycles. The summed E-state index contributed by atoms with van der Waals surface area (Å²) in [6.45, 7) is -0.384. The van der Waals surface area contributed by atoms with Gasteiger partial charge >= 0.3 is 0 Å². The molecule has 2 aromatic carbocycles. The Morgan fingerprint density at radius 3 is 2.61 bits per heavy atom. The Bertz CT molecular complexity index is 739. The molecular weight excluding hydrogens is 371 g/mol. The summed E-state index contributed by atoms with van der Waals surface area (Å²) in [5, 5.41) is 9.52. The van der Waals surface area contributed by atoms with Gasteiger partial charge in [0.25, 0.3) is 11.8 Å². The topological polar surface area (TPSA) is 87.7 Å². The first-order chi connectivity index (χ1) is 11.0. The van der Waals surface area contributed by atoms with Crippen LogP contribution < -0.4 is 15.6 Å². The van der Waals surface area contributed by atoms with Gasteiger partial charge in [-0.1, -0.05) is 12.1 Å². The number of rotatable bonds is 4. The van der Waals surface area contributed by atoms with Crippen molar-refractivity contribution < 1.29 is 23.8 Å². The lowest BCUT2D eigenvalue weighted by Gasteiger charge is -2.10. The summed E-state index contributed by atoms with van der Waals surface area (Å²) in [6.07, 6.45) is 0. The van der Waals surface area contributed by atoms with E-state index in [2.05, 4.69) is 26.8 Å². The SMILES string of the molecule is O=C(COc1ccc(F)cc1Br)NNC(=O)c1ccccc1O. The van der Waals surface area contributed by atoms with E-state index >= 15 is 0 Å². The second kappa shape index (κ2) is 7.59. The first kappa shape index (κ1) is 16.8. The molecule has 2 amide bonds. The Balaban J connectivity index is 1.83. The molecule has 0 saturated heterocycles. The van der Waals surface area contributed by atoms with Gasteiger partial charge in [-0.2, -0.15) is 0 Å². The van der Waals surface area contributed by atoms with E-state index in [9.17, 15) is 19.1 Å². The molecule has 120 valence electrons. The third-order valence-corrected chi connectivity index (χ3v) is 3.34. The van der Waals surface area contributed by atoms with E-state index in [1.54, 1.807) is 12.1 Å². The second-order valence-corrected chi connectivity index (χ2v) is 5.24. The van der Waals surface area contributed by atoms with Crippen molar-refractivity contribution >= 4 is 27.7 Å². The molecular formula is C15H12BrFN2O4. The van der Waals surface area contributed by atoms with Crippen LogP contribution in [0.4, 0.5) is 4.39 Å². The Morgan fingerprint density at radius 2 is 1.91 bits per heavy atom. The van der Waals surface area contributed by atoms with E-state index in [-0.39, 0.29) is 23.7 Å². The summed E-state index contributed by atoms with van der Waals surface area (Å²) in [7, 11) is 0. The molecule has 2 aromatic rings. The minimum atomic E-state index is -0.667. The van der Waals surface area contributed by atoms with E-state index < -0.39 is 17.6 Å². The van der Waals surface area contributed by atoms with Crippen molar-refractivity contribution in [1.29, 1.82) is 0 Å². The smallest absolute Gasteiger partial charge is 0.276 e. The zero-order valence-electron chi connectivity index (χ0n) is 11.7. The van der Waals surface area contributed by atoms with E-state index in [1.165, 1.54) is 30.3 Å². The number of amides is 2. The van der Waals surface area contributed by atoms with Crippen molar-refractivity contribution in [2.75, 3.05) is 6.61 Å². The maximum Gasteiger partial charge on any atom is 0.276 e. The Morgan fingerprint density at radius 1 is 1.17 bits per heavy atom. The third-order valence-electron chi connectivity index (χ3n) is 2.72. The van der Waals surface area contributed by atoms with Crippen LogP contribution >= 0.6 is 15.9 Å². The van der Waals surface area contributed by atoms with Crippen molar-refractivity contribution in [3.63, 3.8) is 0 Å². The molecule has 0 aliphatic rings. The number of ether oxygens (including phenoxy) is 1. The second-order valence-electron chi connectivity index (χ2n) is 4.38. The Kier molecular flexibility index (Phi) is 5.53. The fourth-order valence-electron chi connectivity index (χ4n) is 1.63. The summed E-state index contributed by atoms with van der Waals surface area (Å²) >= 11 is 3.10. The highest BCUT2D eigenvalue weighted by Gasteiger charge is 2.12. The highest BCUT2D eigenvalue weighted by molar-refractivity contribution is 9.10.